The number of aryl methyl sites for hydroxylation is 1. The number of carbonyl (C=O) groups is 5. The first kappa shape index (κ1) is 34.1. The Labute approximate surface area is 271 Å². The highest BCUT2D eigenvalue weighted by atomic mass is 19.3. The van der Waals surface area contributed by atoms with Crippen molar-refractivity contribution >= 4 is 29.5 Å². The van der Waals surface area contributed by atoms with Gasteiger partial charge in [0, 0.05) is 50.1 Å². The average Bonchev–Trinajstić information content (AvgIpc) is 3.39. The van der Waals surface area contributed by atoms with Crippen LogP contribution in [-0.4, -0.2) is 53.4 Å². The molecule has 13 heteroatoms. The molecule has 252 valence electrons. The van der Waals surface area contributed by atoms with Gasteiger partial charge in [0.15, 0.2) is 6.29 Å². The fourth-order valence-electron chi connectivity index (χ4n) is 6.00. The van der Waals surface area contributed by atoms with Gasteiger partial charge in [0.1, 0.15) is 6.04 Å². The van der Waals surface area contributed by atoms with E-state index in [0.29, 0.717) is 42.6 Å². The minimum absolute atomic E-state index is 0.140. The molecule has 5 rings (SSSR count). The van der Waals surface area contributed by atoms with Crippen molar-refractivity contribution in [1.82, 2.24) is 21.0 Å². The third-order valence-corrected chi connectivity index (χ3v) is 8.70. The van der Waals surface area contributed by atoms with E-state index in [1.165, 1.54) is 17.0 Å². The molecule has 3 aliphatic rings. The summed E-state index contributed by atoms with van der Waals surface area (Å²) in [5.74, 6) is -6.60. The van der Waals surface area contributed by atoms with Gasteiger partial charge < -0.3 is 15.0 Å². The molecule has 3 aliphatic heterocycles. The lowest BCUT2D eigenvalue weighted by molar-refractivity contribution is -0.200. The molecule has 0 bridgehead atoms. The van der Waals surface area contributed by atoms with Gasteiger partial charge in [-0.05, 0) is 61.3 Å². The highest BCUT2D eigenvalue weighted by Gasteiger charge is 2.41. The van der Waals surface area contributed by atoms with E-state index in [0.717, 1.165) is 44.1 Å². The SMILES string of the molecule is O=C(CCCCCCc1ccc(C(F)(F)C(=O)NCc2ccc3c(c2)CN(C2CCC(=O)NC2=O)C3=O)cc1)NOC1CCCCO1. The van der Waals surface area contributed by atoms with Crippen molar-refractivity contribution in [2.45, 2.75) is 102 Å². The van der Waals surface area contributed by atoms with Gasteiger partial charge in [-0.2, -0.15) is 8.78 Å². The Morgan fingerprint density at radius 3 is 2.49 bits per heavy atom. The molecular weight excluding hydrogens is 614 g/mol. The molecule has 5 amide bonds. The van der Waals surface area contributed by atoms with Gasteiger partial charge >= 0.3 is 5.92 Å². The number of unbranched alkanes of at least 4 members (excludes halogenated alkanes) is 3. The predicted octanol–water partition coefficient (Wildman–Crippen LogP) is 3.92. The van der Waals surface area contributed by atoms with E-state index in [1.54, 1.807) is 30.3 Å². The first-order valence-corrected chi connectivity index (χ1v) is 16.2. The summed E-state index contributed by atoms with van der Waals surface area (Å²) in [6.07, 6.45) is 7.11. The van der Waals surface area contributed by atoms with Crippen molar-refractivity contribution in [3.05, 3.63) is 70.3 Å². The molecule has 11 nitrogen and oxygen atoms in total. The number of piperidine rings is 1. The number of halogens is 2. The normalized spacial score (nSPS) is 19.7. The quantitative estimate of drug-likeness (QED) is 0.159. The number of hydrogen-bond donors (Lipinski definition) is 3. The molecule has 2 unspecified atom stereocenters. The van der Waals surface area contributed by atoms with Gasteiger partial charge in [0.25, 0.3) is 11.8 Å². The zero-order valence-corrected chi connectivity index (χ0v) is 26.2. The van der Waals surface area contributed by atoms with Crippen molar-refractivity contribution in [3.63, 3.8) is 0 Å². The maximum absolute atomic E-state index is 15.0. The van der Waals surface area contributed by atoms with Crippen LogP contribution in [0.25, 0.3) is 0 Å². The van der Waals surface area contributed by atoms with Gasteiger partial charge in [0.2, 0.25) is 17.7 Å². The summed E-state index contributed by atoms with van der Waals surface area (Å²) in [6, 6.07) is 9.76. The standard InChI is InChI=1S/C34H40F2N4O7/c35-34(36,25-13-10-22(11-14-25)7-3-1-2-4-8-29(42)39-47-30-9-5-6-18-46-30)33(45)37-20-23-12-15-26-24(19-23)21-40(32(26)44)27-16-17-28(41)38-31(27)43/h10-15,19,27,30H,1-9,16-18,20-21H2,(H,37,45)(H,39,42)(H,38,41,43). The summed E-state index contributed by atoms with van der Waals surface area (Å²) in [5.41, 5.74) is 4.46. The number of hydrogen-bond acceptors (Lipinski definition) is 7. The number of ether oxygens (including phenoxy) is 1. The van der Waals surface area contributed by atoms with E-state index in [9.17, 15) is 24.0 Å². The van der Waals surface area contributed by atoms with Crippen LogP contribution in [-0.2, 0) is 54.2 Å². The van der Waals surface area contributed by atoms with Gasteiger partial charge in [0.05, 0.1) is 0 Å². The molecule has 0 radical (unpaired) electrons. The Kier molecular flexibility index (Phi) is 11.3. The lowest BCUT2D eigenvalue weighted by atomic mass is 10.0. The number of alkyl halides is 2. The van der Waals surface area contributed by atoms with Crippen LogP contribution in [0.4, 0.5) is 8.78 Å². The molecule has 0 aromatic heterocycles. The number of nitrogens with zero attached hydrogens (tertiary/aromatic N) is 1. The number of carbonyl (C=O) groups excluding carboxylic acids is 5. The molecular formula is C34H40F2N4O7. The zero-order chi connectivity index (χ0) is 33.4. The molecule has 2 saturated heterocycles. The Morgan fingerprint density at radius 1 is 0.979 bits per heavy atom. The van der Waals surface area contributed by atoms with Crippen LogP contribution in [0.3, 0.4) is 0 Å². The number of imide groups is 1. The molecule has 2 aromatic carbocycles. The largest absolute Gasteiger partial charge is 0.350 e. The summed E-state index contributed by atoms with van der Waals surface area (Å²) >= 11 is 0. The van der Waals surface area contributed by atoms with Crippen molar-refractivity contribution < 1.29 is 42.3 Å². The summed E-state index contributed by atoms with van der Waals surface area (Å²) in [4.78, 5) is 67.7. The predicted molar refractivity (Wildman–Crippen MR) is 164 cm³/mol. The Balaban J connectivity index is 1.02. The number of amides is 5. The Hall–Kier alpha value is -4.23. The Bertz CT molecular complexity index is 1480. The second kappa shape index (κ2) is 15.6. The van der Waals surface area contributed by atoms with Crippen molar-refractivity contribution in [3.8, 4) is 0 Å². The number of rotatable bonds is 14. The third kappa shape index (κ3) is 8.77. The van der Waals surface area contributed by atoms with Crippen LogP contribution in [0.5, 0.6) is 0 Å². The van der Waals surface area contributed by atoms with E-state index in [2.05, 4.69) is 16.1 Å². The minimum Gasteiger partial charge on any atom is -0.350 e. The maximum Gasteiger partial charge on any atom is 0.349 e. The van der Waals surface area contributed by atoms with E-state index in [-0.39, 0.29) is 49.9 Å². The van der Waals surface area contributed by atoms with Crippen LogP contribution in [0.1, 0.15) is 96.8 Å². The van der Waals surface area contributed by atoms with Gasteiger partial charge in [-0.1, -0.05) is 49.2 Å². The van der Waals surface area contributed by atoms with Crippen LogP contribution in [0, 0.1) is 0 Å². The molecule has 2 aromatic rings. The monoisotopic (exact) mass is 654 g/mol. The smallest absolute Gasteiger partial charge is 0.349 e. The van der Waals surface area contributed by atoms with Crippen LogP contribution >= 0.6 is 0 Å². The summed E-state index contributed by atoms with van der Waals surface area (Å²) < 4.78 is 35.4. The van der Waals surface area contributed by atoms with Gasteiger partial charge in [-0.15, -0.1) is 0 Å². The van der Waals surface area contributed by atoms with Crippen LogP contribution in [0.15, 0.2) is 42.5 Å². The number of fused-ring (bicyclic) bond motifs is 1. The van der Waals surface area contributed by atoms with E-state index in [4.69, 9.17) is 9.57 Å². The third-order valence-electron chi connectivity index (χ3n) is 8.70. The topological polar surface area (TPSA) is 143 Å². The lowest BCUT2D eigenvalue weighted by Gasteiger charge is -2.29. The second-order valence-corrected chi connectivity index (χ2v) is 12.2. The average molecular weight is 655 g/mol. The van der Waals surface area contributed by atoms with Gasteiger partial charge in [-0.3, -0.25) is 29.3 Å². The highest BCUT2D eigenvalue weighted by Crippen LogP contribution is 2.30. The summed E-state index contributed by atoms with van der Waals surface area (Å²) in [7, 11) is 0. The zero-order valence-electron chi connectivity index (χ0n) is 26.2. The number of nitrogens with one attached hydrogen (secondary N) is 3. The van der Waals surface area contributed by atoms with E-state index >= 15 is 8.78 Å². The van der Waals surface area contributed by atoms with Crippen LogP contribution < -0.4 is 16.1 Å². The van der Waals surface area contributed by atoms with Crippen molar-refractivity contribution in [2.75, 3.05) is 6.61 Å². The first-order chi connectivity index (χ1) is 22.6. The van der Waals surface area contributed by atoms with E-state index in [1.807, 2.05) is 0 Å². The lowest BCUT2D eigenvalue weighted by Crippen LogP contribution is -2.52. The maximum atomic E-state index is 15.0. The molecule has 0 spiro atoms. The van der Waals surface area contributed by atoms with Crippen LogP contribution in [0.2, 0.25) is 0 Å². The fourth-order valence-corrected chi connectivity index (χ4v) is 6.00. The fraction of sp³-hybridized carbons (Fsp3) is 0.500. The molecule has 3 N–H and O–H groups in total. The molecule has 0 aliphatic carbocycles. The number of hydroxylamine groups is 1. The summed E-state index contributed by atoms with van der Waals surface area (Å²) in [5, 5.41) is 4.55. The molecule has 0 saturated carbocycles. The summed E-state index contributed by atoms with van der Waals surface area (Å²) in [6.45, 7) is 0.616. The van der Waals surface area contributed by atoms with Crippen molar-refractivity contribution in [2.24, 2.45) is 0 Å². The first-order valence-electron chi connectivity index (χ1n) is 16.2. The number of benzene rings is 2. The molecule has 2 atom stereocenters. The van der Waals surface area contributed by atoms with E-state index < -0.39 is 29.3 Å². The second-order valence-electron chi connectivity index (χ2n) is 12.2. The Morgan fingerprint density at radius 2 is 1.74 bits per heavy atom. The molecule has 47 heavy (non-hydrogen) atoms. The van der Waals surface area contributed by atoms with Gasteiger partial charge in [-0.25, -0.2) is 10.3 Å². The molecule has 3 heterocycles. The highest BCUT2D eigenvalue weighted by molar-refractivity contribution is 6.05. The molecule has 2 fully saturated rings. The minimum atomic E-state index is -3.75. The van der Waals surface area contributed by atoms with Crippen molar-refractivity contribution in [1.29, 1.82) is 0 Å².